The number of unbranched alkanes of at least 4 members (excludes halogenated alkanes) is 8. The van der Waals surface area contributed by atoms with Gasteiger partial charge in [0.25, 0.3) is 0 Å². The van der Waals surface area contributed by atoms with Crippen molar-refractivity contribution in [1.82, 2.24) is 0 Å². The second-order valence-electron chi connectivity index (χ2n) is 8.07. The van der Waals surface area contributed by atoms with Crippen molar-refractivity contribution in [2.75, 3.05) is 6.61 Å². The third-order valence-corrected chi connectivity index (χ3v) is 5.43. The summed E-state index contributed by atoms with van der Waals surface area (Å²) in [5, 5.41) is 0. The second-order valence-corrected chi connectivity index (χ2v) is 8.07. The van der Waals surface area contributed by atoms with Crippen LogP contribution in [0.4, 0.5) is 0 Å². The molecule has 3 heteroatoms. The highest BCUT2D eigenvalue weighted by molar-refractivity contribution is 5.67. The van der Waals surface area contributed by atoms with Gasteiger partial charge in [0.1, 0.15) is 11.9 Å². The van der Waals surface area contributed by atoms with Crippen LogP contribution in [0.25, 0.3) is 11.1 Å². The Morgan fingerprint density at radius 1 is 0.767 bits per heavy atom. The molecule has 0 amide bonds. The van der Waals surface area contributed by atoms with E-state index in [0.717, 1.165) is 35.5 Å². The Morgan fingerprint density at radius 2 is 1.27 bits per heavy atom. The molecule has 0 fully saturated rings. The smallest absolute Gasteiger partial charge is 0.303 e. The molecular weight excluding hydrogens is 372 g/mol. The van der Waals surface area contributed by atoms with Crippen LogP contribution in [-0.4, -0.2) is 12.6 Å². The molecule has 2 rings (SSSR count). The van der Waals surface area contributed by atoms with E-state index in [1.807, 2.05) is 31.2 Å². The molecule has 0 aliphatic rings. The lowest BCUT2D eigenvalue weighted by atomic mass is 10.0. The van der Waals surface area contributed by atoms with Crippen molar-refractivity contribution in [3.63, 3.8) is 0 Å². The monoisotopic (exact) mass is 410 g/mol. The fourth-order valence-corrected chi connectivity index (χ4v) is 3.61. The van der Waals surface area contributed by atoms with E-state index in [1.165, 1.54) is 58.3 Å². The predicted molar refractivity (Wildman–Crippen MR) is 125 cm³/mol. The first kappa shape index (κ1) is 24.0. The first-order valence-corrected chi connectivity index (χ1v) is 11.6. The summed E-state index contributed by atoms with van der Waals surface area (Å²) in [5.41, 5.74) is 3.28. The van der Waals surface area contributed by atoms with E-state index in [0.29, 0.717) is 0 Å². The predicted octanol–water partition coefficient (Wildman–Crippen LogP) is 7.89. The summed E-state index contributed by atoms with van der Waals surface area (Å²) in [7, 11) is 0. The fourth-order valence-electron chi connectivity index (χ4n) is 3.61. The first-order valence-electron chi connectivity index (χ1n) is 11.6. The lowest BCUT2D eigenvalue weighted by molar-refractivity contribution is -0.145. The van der Waals surface area contributed by atoms with Crippen LogP contribution in [0, 0.1) is 0 Å². The van der Waals surface area contributed by atoms with Gasteiger partial charge in [-0.3, -0.25) is 4.79 Å². The number of esters is 1. The van der Waals surface area contributed by atoms with Crippen molar-refractivity contribution in [1.29, 1.82) is 0 Å². The summed E-state index contributed by atoms with van der Waals surface area (Å²) in [6, 6.07) is 16.4. The molecule has 30 heavy (non-hydrogen) atoms. The summed E-state index contributed by atoms with van der Waals surface area (Å²) < 4.78 is 11.1. The van der Waals surface area contributed by atoms with Crippen molar-refractivity contribution in [3.8, 4) is 16.9 Å². The molecule has 0 radical (unpaired) electrons. The van der Waals surface area contributed by atoms with E-state index < -0.39 is 0 Å². The van der Waals surface area contributed by atoms with Crippen LogP contribution in [0.5, 0.6) is 5.75 Å². The Kier molecular flexibility index (Phi) is 11.1. The van der Waals surface area contributed by atoms with Gasteiger partial charge in [0, 0.05) is 6.92 Å². The highest BCUT2D eigenvalue weighted by atomic mass is 16.5. The van der Waals surface area contributed by atoms with Gasteiger partial charge in [-0.15, -0.1) is 0 Å². The van der Waals surface area contributed by atoms with Gasteiger partial charge in [-0.2, -0.15) is 0 Å². The zero-order valence-corrected chi connectivity index (χ0v) is 19.0. The maximum Gasteiger partial charge on any atom is 0.303 e. The summed E-state index contributed by atoms with van der Waals surface area (Å²) in [6.07, 6.45) is 11.7. The Labute approximate surface area is 182 Å². The Bertz CT molecular complexity index is 719. The van der Waals surface area contributed by atoms with E-state index in [1.54, 1.807) is 0 Å². The first-order chi connectivity index (χ1) is 14.6. The lowest BCUT2D eigenvalue weighted by Gasteiger charge is -2.13. The van der Waals surface area contributed by atoms with Crippen molar-refractivity contribution in [2.45, 2.75) is 84.7 Å². The molecule has 0 aliphatic heterocycles. The van der Waals surface area contributed by atoms with Gasteiger partial charge in [-0.25, -0.2) is 0 Å². The van der Waals surface area contributed by atoms with Crippen LogP contribution < -0.4 is 4.74 Å². The standard InChI is InChI=1S/C27H38O3/c1-4-5-6-7-8-9-10-11-12-21-29-27-19-17-26(18-20-27)25-15-13-24(14-16-25)22(2)30-23(3)28/h13-20,22H,4-12,21H2,1-3H3. The topological polar surface area (TPSA) is 35.5 Å². The maximum atomic E-state index is 11.1. The second kappa shape index (κ2) is 13.8. The Hall–Kier alpha value is -2.29. The molecular formula is C27H38O3. The minimum atomic E-state index is -0.260. The van der Waals surface area contributed by atoms with Crippen LogP contribution in [0.1, 0.15) is 90.2 Å². The molecule has 2 aromatic rings. The minimum Gasteiger partial charge on any atom is -0.494 e. The van der Waals surface area contributed by atoms with E-state index in [2.05, 4.69) is 31.2 Å². The molecule has 1 unspecified atom stereocenters. The maximum absolute atomic E-state index is 11.1. The SMILES string of the molecule is CCCCCCCCCCCOc1ccc(-c2ccc(C(C)OC(C)=O)cc2)cc1. The molecule has 0 aromatic heterocycles. The fraction of sp³-hybridized carbons (Fsp3) is 0.519. The van der Waals surface area contributed by atoms with Gasteiger partial charge in [-0.05, 0) is 42.2 Å². The number of carbonyl (C=O) groups is 1. The third kappa shape index (κ3) is 9.02. The van der Waals surface area contributed by atoms with Crippen molar-refractivity contribution >= 4 is 5.97 Å². The zero-order chi connectivity index (χ0) is 21.6. The van der Waals surface area contributed by atoms with E-state index in [4.69, 9.17) is 9.47 Å². The van der Waals surface area contributed by atoms with Gasteiger partial charge < -0.3 is 9.47 Å². The molecule has 3 nitrogen and oxygen atoms in total. The van der Waals surface area contributed by atoms with Crippen LogP contribution in [-0.2, 0) is 9.53 Å². The zero-order valence-electron chi connectivity index (χ0n) is 19.0. The number of carbonyl (C=O) groups excluding carboxylic acids is 1. The van der Waals surface area contributed by atoms with Crippen LogP contribution in [0.2, 0.25) is 0 Å². The Morgan fingerprint density at radius 3 is 1.80 bits per heavy atom. The van der Waals surface area contributed by atoms with E-state index in [-0.39, 0.29) is 12.1 Å². The van der Waals surface area contributed by atoms with Crippen LogP contribution >= 0.6 is 0 Å². The summed E-state index contributed by atoms with van der Waals surface area (Å²) in [6.45, 7) is 6.37. The molecule has 0 aliphatic carbocycles. The number of hydrogen-bond donors (Lipinski definition) is 0. The lowest BCUT2D eigenvalue weighted by Crippen LogP contribution is -2.04. The molecule has 164 valence electrons. The van der Waals surface area contributed by atoms with Gasteiger partial charge >= 0.3 is 5.97 Å². The third-order valence-electron chi connectivity index (χ3n) is 5.43. The number of rotatable bonds is 14. The largest absolute Gasteiger partial charge is 0.494 e. The van der Waals surface area contributed by atoms with E-state index >= 15 is 0 Å². The van der Waals surface area contributed by atoms with Crippen molar-refractivity contribution < 1.29 is 14.3 Å². The number of hydrogen-bond acceptors (Lipinski definition) is 3. The van der Waals surface area contributed by atoms with Gasteiger partial charge in [0.15, 0.2) is 0 Å². The van der Waals surface area contributed by atoms with Gasteiger partial charge in [0.05, 0.1) is 6.61 Å². The Balaban J connectivity index is 1.68. The quantitative estimate of drug-likeness (QED) is 0.235. The minimum absolute atomic E-state index is 0.228. The normalized spacial score (nSPS) is 11.8. The molecule has 0 bridgehead atoms. The number of benzene rings is 2. The molecule has 1 atom stereocenters. The van der Waals surface area contributed by atoms with Crippen molar-refractivity contribution in [2.24, 2.45) is 0 Å². The summed E-state index contributed by atoms with van der Waals surface area (Å²) >= 11 is 0. The molecule has 0 saturated carbocycles. The summed E-state index contributed by atoms with van der Waals surface area (Å²) in [4.78, 5) is 11.1. The highest BCUT2D eigenvalue weighted by Crippen LogP contribution is 2.25. The van der Waals surface area contributed by atoms with Crippen molar-refractivity contribution in [3.05, 3.63) is 54.1 Å². The average Bonchev–Trinajstić information content (AvgIpc) is 2.75. The molecule has 0 saturated heterocycles. The molecule has 0 heterocycles. The highest BCUT2D eigenvalue weighted by Gasteiger charge is 2.08. The molecule has 0 N–H and O–H groups in total. The van der Waals surface area contributed by atoms with E-state index in [9.17, 15) is 4.79 Å². The summed E-state index contributed by atoms with van der Waals surface area (Å²) in [5.74, 6) is 0.669. The average molecular weight is 411 g/mol. The number of ether oxygens (including phenoxy) is 2. The van der Waals surface area contributed by atoms with Crippen LogP contribution in [0.15, 0.2) is 48.5 Å². The molecule has 0 spiro atoms. The molecule has 2 aromatic carbocycles. The van der Waals surface area contributed by atoms with Gasteiger partial charge in [-0.1, -0.05) is 94.7 Å². The van der Waals surface area contributed by atoms with Gasteiger partial charge in [0.2, 0.25) is 0 Å². The van der Waals surface area contributed by atoms with Crippen LogP contribution in [0.3, 0.4) is 0 Å².